The number of fused-ring (bicyclic) bond motifs is 2. The molecule has 1 aliphatic rings. The summed E-state index contributed by atoms with van der Waals surface area (Å²) in [5, 5.41) is 22.1. The topological polar surface area (TPSA) is 122 Å². The minimum atomic E-state index is -0.816. The molecule has 0 saturated carbocycles. The Bertz CT molecular complexity index is 1190. The Morgan fingerprint density at radius 1 is 1.21 bits per heavy atom. The first kappa shape index (κ1) is 18.4. The number of benzene rings is 2. The standard InChI is InChI=1S/C21H16N2O6/c22-5-6-23-20(25)8-13(14-7-18-19(9-16(14)24)29-11-28-18)15-10-27-17-4-2-1-3-12(17)21(15)26/h1-4,7,9-10,13,24H,6,8,11H2,(H,23,25)/t13-/m0/s1. The van der Waals surface area contributed by atoms with Gasteiger partial charge in [0.05, 0.1) is 17.7 Å². The van der Waals surface area contributed by atoms with Gasteiger partial charge in [-0.2, -0.15) is 5.26 Å². The molecule has 0 spiro atoms. The fourth-order valence-electron chi connectivity index (χ4n) is 3.34. The first-order valence-electron chi connectivity index (χ1n) is 8.85. The van der Waals surface area contributed by atoms with E-state index in [2.05, 4.69) is 5.32 Å². The van der Waals surface area contributed by atoms with Gasteiger partial charge in [-0.25, -0.2) is 0 Å². The van der Waals surface area contributed by atoms with E-state index in [9.17, 15) is 14.7 Å². The molecule has 8 heteroatoms. The van der Waals surface area contributed by atoms with E-state index in [1.54, 1.807) is 30.3 Å². The number of nitrogens with zero attached hydrogens (tertiary/aromatic N) is 1. The molecule has 0 unspecified atom stereocenters. The summed E-state index contributed by atoms with van der Waals surface area (Å²) in [6, 6.07) is 11.6. The molecule has 1 atom stereocenters. The van der Waals surface area contributed by atoms with Gasteiger partial charge in [-0.1, -0.05) is 12.1 Å². The van der Waals surface area contributed by atoms with Crippen molar-refractivity contribution >= 4 is 16.9 Å². The van der Waals surface area contributed by atoms with Gasteiger partial charge in [0.2, 0.25) is 12.7 Å². The molecule has 0 fully saturated rings. The smallest absolute Gasteiger partial charge is 0.231 e. The van der Waals surface area contributed by atoms with Crippen LogP contribution in [0.1, 0.15) is 23.5 Å². The number of phenols is 1. The van der Waals surface area contributed by atoms with Gasteiger partial charge in [0.25, 0.3) is 0 Å². The highest BCUT2D eigenvalue weighted by Crippen LogP contribution is 2.42. The molecule has 3 aromatic rings. The van der Waals surface area contributed by atoms with Crippen molar-refractivity contribution in [2.75, 3.05) is 13.3 Å². The Labute approximate surface area is 164 Å². The van der Waals surface area contributed by atoms with Crippen LogP contribution in [-0.4, -0.2) is 24.4 Å². The predicted octanol–water partition coefficient (Wildman–Crippen LogP) is 2.39. The van der Waals surface area contributed by atoms with Crippen molar-refractivity contribution in [3.05, 3.63) is 64.0 Å². The zero-order valence-electron chi connectivity index (χ0n) is 15.2. The number of carbonyl (C=O) groups is 1. The molecule has 8 nitrogen and oxygen atoms in total. The van der Waals surface area contributed by atoms with E-state index in [-0.39, 0.29) is 36.5 Å². The van der Waals surface area contributed by atoms with Gasteiger partial charge in [0.15, 0.2) is 16.9 Å². The maximum Gasteiger partial charge on any atom is 0.231 e. The van der Waals surface area contributed by atoms with Crippen molar-refractivity contribution in [3.63, 3.8) is 0 Å². The Morgan fingerprint density at radius 2 is 1.97 bits per heavy atom. The highest BCUT2D eigenvalue weighted by atomic mass is 16.7. The largest absolute Gasteiger partial charge is 0.508 e. The molecule has 1 amide bonds. The Hall–Kier alpha value is -3.99. The van der Waals surface area contributed by atoms with E-state index in [0.29, 0.717) is 28.0 Å². The molecule has 0 saturated heterocycles. The number of para-hydroxylation sites is 1. The maximum atomic E-state index is 13.1. The van der Waals surface area contributed by atoms with Crippen LogP contribution in [0, 0.1) is 11.3 Å². The minimum Gasteiger partial charge on any atom is -0.508 e. The zero-order valence-corrected chi connectivity index (χ0v) is 15.2. The number of nitriles is 1. The van der Waals surface area contributed by atoms with E-state index in [1.165, 1.54) is 12.3 Å². The van der Waals surface area contributed by atoms with Crippen molar-refractivity contribution in [3.8, 4) is 23.3 Å². The fourth-order valence-corrected chi connectivity index (χ4v) is 3.34. The minimum absolute atomic E-state index is 0.0175. The maximum absolute atomic E-state index is 13.1. The summed E-state index contributed by atoms with van der Waals surface area (Å²) in [5.41, 5.74) is 0.653. The third kappa shape index (κ3) is 3.46. The first-order chi connectivity index (χ1) is 14.1. The zero-order chi connectivity index (χ0) is 20.4. The Kier molecular flexibility index (Phi) is 4.79. The second-order valence-corrected chi connectivity index (χ2v) is 6.47. The molecule has 146 valence electrons. The second-order valence-electron chi connectivity index (χ2n) is 6.47. The number of ether oxygens (including phenoxy) is 2. The van der Waals surface area contributed by atoms with E-state index in [0.717, 1.165) is 0 Å². The third-order valence-electron chi connectivity index (χ3n) is 4.73. The summed E-state index contributed by atoms with van der Waals surface area (Å²) in [6.45, 7) is -0.144. The molecule has 2 heterocycles. The molecule has 0 aliphatic carbocycles. The Morgan fingerprint density at radius 3 is 2.76 bits per heavy atom. The van der Waals surface area contributed by atoms with Gasteiger partial charge >= 0.3 is 0 Å². The summed E-state index contributed by atoms with van der Waals surface area (Å²) >= 11 is 0. The molecule has 1 aliphatic heterocycles. The second kappa shape index (κ2) is 7.56. The van der Waals surface area contributed by atoms with Gasteiger partial charge < -0.3 is 24.3 Å². The van der Waals surface area contributed by atoms with Crippen molar-refractivity contribution in [1.29, 1.82) is 5.26 Å². The van der Waals surface area contributed by atoms with Crippen LogP contribution in [0.3, 0.4) is 0 Å². The molecule has 2 aromatic carbocycles. The van der Waals surface area contributed by atoms with Gasteiger partial charge in [-0.15, -0.1) is 0 Å². The summed E-state index contributed by atoms with van der Waals surface area (Å²) < 4.78 is 16.2. The van der Waals surface area contributed by atoms with Crippen LogP contribution >= 0.6 is 0 Å². The van der Waals surface area contributed by atoms with E-state index in [4.69, 9.17) is 19.2 Å². The summed E-state index contributed by atoms with van der Waals surface area (Å²) in [4.78, 5) is 25.4. The molecule has 2 N–H and O–H groups in total. The van der Waals surface area contributed by atoms with E-state index < -0.39 is 11.8 Å². The Balaban J connectivity index is 1.84. The summed E-state index contributed by atoms with van der Waals surface area (Å²) in [5.74, 6) is -0.611. The first-order valence-corrected chi connectivity index (χ1v) is 8.85. The van der Waals surface area contributed by atoms with Crippen LogP contribution in [0.4, 0.5) is 0 Å². The molecule has 1 aromatic heterocycles. The van der Waals surface area contributed by atoms with E-state index >= 15 is 0 Å². The molecule has 4 rings (SSSR count). The third-order valence-corrected chi connectivity index (χ3v) is 4.73. The van der Waals surface area contributed by atoms with Crippen LogP contribution in [0.25, 0.3) is 11.0 Å². The molecular formula is C21H16N2O6. The predicted molar refractivity (Wildman–Crippen MR) is 102 cm³/mol. The van der Waals surface area contributed by atoms with Crippen molar-refractivity contribution in [1.82, 2.24) is 5.32 Å². The number of carbonyl (C=O) groups excluding carboxylic acids is 1. The number of phenolic OH excluding ortho intramolecular Hbond substituents is 1. The molecule has 0 radical (unpaired) electrons. The van der Waals surface area contributed by atoms with Crippen molar-refractivity contribution < 1.29 is 23.8 Å². The molecule has 0 bridgehead atoms. The number of hydrogen-bond donors (Lipinski definition) is 2. The molecular weight excluding hydrogens is 376 g/mol. The van der Waals surface area contributed by atoms with Gasteiger partial charge in [-0.05, 0) is 18.2 Å². The van der Waals surface area contributed by atoms with Gasteiger partial charge in [0, 0.05) is 29.5 Å². The van der Waals surface area contributed by atoms with Crippen LogP contribution in [-0.2, 0) is 4.79 Å². The monoisotopic (exact) mass is 392 g/mol. The normalized spacial score (nSPS) is 13.1. The summed E-state index contributed by atoms with van der Waals surface area (Å²) in [7, 11) is 0. The average molecular weight is 392 g/mol. The number of rotatable bonds is 5. The SMILES string of the molecule is N#CCNC(=O)C[C@@H](c1cc2c(cc1O)OCO2)c1coc2ccccc2c1=O. The van der Waals surface area contributed by atoms with Crippen LogP contribution in [0.5, 0.6) is 17.2 Å². The van der Waals surface area contributed by atoms with Gasteiger partial charge in [0.1, 0.15) is 17.9 Å². The van der Waals surface area contributed by atoms with Crippen LogP contribution in [0.2, 0.25) is 0 Å². The van der Waals surface area contributed by atoms with Crippen LogP contribution < -0.4 is 20.2 Å². The highest BCUT2D eigenvalue weighted by molar-refractivity contribution is 5.80. The lowest BCUT2D eigenvalue weighted by Crippen LogP contribution is -2.27. The highest BCUT2D eigenvalue weighted by Gasteiger charge is 2.28. The van der Waals surface area contributed by atoms with E-state index in [1.807, 2.05) is 6.07 Å². The number of nitrogens with one attached hydrogen (secondary N) is 1. The average Bonchev–Trinajstić information content (AvgIpc) is 3.18. The van der Waals surface area contributed by atoms with Crippen molar-refractivity contribution in [2.24, 2.45) is 0 Å². The van der Waals surface area contributed by atoms with Crippen LogP contribution in [0.15, 0.2) is 51.9 Å². The summed E-state index contributed by atoms with van der Waals surface area (Å²) in [6.07, 6.45) is 1.13. The fraction of sp³-hybridized carbons (Fsp3) is 0.190. The lowest BCUT2D eigenvalue weighted by molar-refractivity contribution is -0.121. The number of hydrogen-bond acceptors (Lipinski definition) is 7. The lowest BCUT2D eigenvalue weighted by Gasteiger charge is -2.18. The number of amides is 1. The number of aromatic hydroxyl groups is 1. The molecule has 29 heavy (non-hydrogen) atoms. The lowest BCUT2D eigenvalue weighted by atomic mass is 9.87. The van der Waals surface area contributed by atoms with Crippen molar-refractivity contribution in [2.45, 2.75) is 12.3 Å². The quantitative estimate of drug-likeness (QED) is 0.639. The van der Waals surface area contributed by atoms with Gasteiger partial charge in [-0.3, -0.25) is 9.59 Å².